The monoisotopic (exact) mass is 443 g/mol. The second-order valence-electron chi connectivity index (χ2n) is 10.3. The molecule has 3 aliphatic carbocycles. The van der Waals surface area contributed by atoms with E-state index < -0.39 is 18.4 Å². The van der Waals surface area contributed by atoms with E-state index in [4.69, 9.17) is 4.74 Å². The quantitative estimate of drug-likeness (QED) is 0.468. The Morgan fingerprint density at radius 2 is 1.63 bits per heavy atom. The zero-order valence-corrected chi connectivity index (χ0v) is 19.6. The average Bonchev–Trinajstić information content (AvgIpc) is 3.16. The van der Waals surface area contributed by atoms with Gasteiger partial charge in [-0.1, -0.05) is 26.7 Å². The predicted octanol–water partition coefficient (Wildman–Crippen LogP) is 6.30. The molecule has 0 aromatic rings. The molecule has 0 amide bonds. The van der Waals surface area contributed by atoms with Gasteiger partial charge in [-0.05, 0) is 75.5 Å². The van der Waals surface area contributed by atoms with Crippen molar-refractivity contribution >= 4 is 11.8 Å². The molecule has 173 valence electrons. The van der Waals surface area contributed by atoms with E-state index in [0.29, 0.717) is 6.61 Å². The Morgan fingerprint density at radius 1 is 0.967 bits per heavy atom. The normalized spacial score (nSPS) is 43.9. The van der Waals surface area contributed by atoms with Crippen LogP contribution in [0.3, 0.4) is 0 Å². The summed E-state index contributed by atoms with van der Waals surface area (Å²) in [6.45, 7) is 4.98. The average molecular weight is 444 g/mol. The Morgan fingerprint density at radius 3 is 2.30 bits per heavy atom. The number of rotatable bonds is 7. The first-order valence-electron chi connectivity index (χ1n) is 12.6. The molecule has 9 atom stereocenters. The van der Waals surface area contributed by atoms with Crippen molar-refractivity contribution < 1.29 is 18.6 Å². The predicted molar refractivity (Wildman–Crippen MR) is 120 cm³/mol. The molecule has 0 aromatic heterocycles. The maximum absolute atomic E-state index is 15.7. The van der Waals surface area contributed by atoms with Gasteiger partial charge in [0.15, 0.2) is 0 Å². The SMILES string of the molecule is CCCCOC1CCC2C3CCC(C(O)[C]4CCC(CC)CC4)C(F)C3SC2C1F. The molecule has 1 radical (unpaired) electrons. The van der Waals surface area contributed by atoms with Gasteiger partial charge in [0.05, 0.1) is 12.2 Å². The first-order chi connectivity index (χ1) is 14.5. The lowest BCUT2D eigenvalue weighted by molar-refractivity contribution is -0.0434. The van der Waals surface area contributed by atoms with Crippen LogP contribution in [0.15, 0.2) is 0 Å². The van der Waals surface area contributed by atoms with Crippen LogP contribution in [0.1, 0.15) is 84.5 Å². The molecule has 4 fully saturated rings. The highest BCUT2D eigenvalue weighted by atomic mass is 32.2. The van der Waals surface area contributed by atoms with Crippen LogP contribution in [-0.4, -0.2) is 46.8 Å². The number of aliphatic hydroxyl groups is 1. The number of halogens is 2. The zero-order valence-electron chi connectivity index (χ0n) is 18.8. The first kappa shape index (κ1) is 23.3. The summed E-state index contributed by atoms with van der Waals surface area (Å²) in [6.07, 6.45) is 7.95. The van der Waals surface area contributed by atoms with Crippen molar-refractivity contribution in [2.24, 2.45) is 23.7 Å². The van der Waals surface area contributed by atoms with E-state index >= 15 is 8.78 Å². The Labute approximate surface area is 186 Å². The van der Waals surface area contributed by atoms with Gasteiger partial charge in [0.1, 0.15) is 12.3 Å². The molecule has 1 heterocycles. The van der Waals surface area contributed by atoms with Gasteiger partial charge in [-0.2, -0.15) is 0 Å². The van der Waals surface area contributed by atoms with Gasteiger partial charge >= 0.3 is 0 Å². The maximum atomic E-state index is 15.7. The molecule has 0 spiro atoms. The highest BCUT2D eigenvalue weighted by molar-refractivity contribution is 8.00. The third kappa shape index (κ3) is 4.59. The highest BCUT2D eigenvalue weighted by Gasteiger charge is 2.57. The second-order valence-corrected chi connectivity index (χ2v) is 11.7. The largest absolute Gasteiger partial charge is 0.392 e. The molecule has 30 heavy (non-hydrogen) atoms. The van der Waals surface area contributed by atoms with E-state index in [1.807, 2.05) is 0 Å². The Balaban J connectivity index is 1.36. The van der Waals surface area contributed by atoms with Gasteiger partial charge in [0, 0.05) is 28.9 Å². The number of ether oxygens (including phenoxy) is 1. The summed E-state index contributed by atoms with van der Waals surface area (Å²) < 4.78 is 36.9. The molecule has 1 saturated heterocycles. The summed E-state index contributed by atoms with van der Waals surface area (Å²) in [5.41, 5.74) is 0. The smallest absolute Gasteiger partial charge is 0.138 e. The molecule has 0 bridgehead atoms. The van der Waals surface area contributed by atoms with Crippen molar-refractivity contribution in [1.82, 2.24) is 0 Å². The fraction of sp³-hybridized carbons (Fsp3) is 0.960. The molecule has 9 unspecified atom stereocenters. The number of thioether (sulfide) groups is 1. The summed E-state index contributed by atoms with van der Waals surface area (Å²) in [5.74, 6) is 2.21. The van der Waals surface area contributed by atoms with E-state index in [1.54, 1.807) is 11.8 Å². The summed E-state index contributed by atoms with van der Waals surface area (Å²) in [5, 5.41) is 10.8. The van der Waals surface area contributed by atoms with Crippen LogP contribution >= 0.6 is 11.8 Å². The van der Waals surface area contributed by atoms with Crippen LogP contribution in [-0.2, 0) is 4.74 Å². The molecular weight excluding hydrogens is 402 g/mol. The lowest BCUT2D eigenvalue weighted by Crippen LogP contribution is -2.46. The van der Waals surface area contributed by atoms with E-state index in [-0.39, 0.29) is 34.4 Å². The lowest BCUT2D eigenvalue weighted by atomic mass is 9.66. The van der Waals surface area contributed by atoms with Crippen LogP contribution in [0, 0.1) is 29.6 Å². The van der Waals surface area contributed by atoms with Crippen LogP contribution in [0.5, 0.6) is 0 Å². The van der Waals surface area contributed by atoms with Gasteiger partial charge in [0.2, 0.25) is 0 Å². The summed E-state index contributed by atoms with van der Waals surface area (Å²) >= 11 is 1.56. The van der Waals surface area contributed by atoms with Gasteiger partial charge in [-0.15, -0.1) is 11.8 Å². The van der Waals surface area contributed by atoms with Gasteiger partial charge in [0.25, 0.3) is 0 Å². The highest BCUT2D eigenvalue weighted by Crippen LogP contribution is 2.58. The van der Waals surface area contributed by atoms with Crippen molar-refractivity contribution in [3.63, 3.8) is 0 Å². The molecule has 1 N–H and O–H groups in total. The Bertz CT molecular complexity index is 541. The van der Waals surface area contributed by atoms with Crippen molar-refractivity contribution in [3.8, 4) is 0 Å². The molecule has 4 rings (SSSR count). The second kappa shape index (κ2) is 10.4. The number of alkyl halides is 2. The van der Waals surface area contributed by atoms with E-state index in [2.05, 4.69) is 13.8 Å². The van der Waals surface area contributed by atoms with Crippen LogP contribution in [0.4, 0.5) is 8.78 Å². The summed E-state index contributed by atoms with van der Waals surface area (Å²) in [7, 11) is 0. The van der Waals surface area contributed by atoms with Crippen molar-refractivity contribution in [2.45, 2.75) is 120 Å². The third-order valence-corrected chi connectivity index (χ3v) is 10.5. The molecule has 3 saturated carbocycles. The molecule has 1 aliphatic heterocycles. The summed E-state index contributed by atoms with van der Waals surface area (Å²) in [4.78, 5) is 0. The molecule has 0 aromatic carbocycles. The van der Waals surface area contributed by atoms with E-state index in [0.717, 1.165) is 70.1 Å². The maximum Gasteiger partial charge on any atom is 0.138 e. The van der Waals surface area contributed by atoms with Gasteiger partial charge < -0.3 is 9.84 Å². The fourth-order valence-corrected chi connectivity index (χ4v) is 8.83. The molecule has 5 heteroatoms. The van der Waals surface area contributed by atoms with Gasteiger partial charge in [-0.3, -0.25) is 0 Å². The van der Waals surface area contributed by atoms with Crippen LogP contribution in [0.25, 0.3) is 0 Å². The Hall–Kier alpha value is 0.130. The lowest BCUT2D eigenvalue weighted by Gasteiger charge is -2.42. The van der Waals surface area contributed by atoms with E-state index in [1.165, 1.54) is 12.3 Å². The third-order valence-electron chi connectivity index (χ3n) is 8.70. The minimum Gasteiger partial charge on any atom is -0.392 e. The molecule has 2 nitrogen and oxygen atoms in total. The minimum atomic E-state index is -1.02. The Kier molecular flexibility index (Phi) is 8.06. The topological polar surface area (TPSA) is 29.5 Å². The fourth-order valence-electron chi connectivity index (χ4n) is 6.71. The number of hydrogen-bond donors (Lipinski definition) is 1. The zero-order chi connectivity index (χ0) is 21.3. The first-order valence-corrected chi connectivity index (χ1v) is 13.6. The van der Waals surface area contributed by atoms with Crippen molar-refractivity contribution in [3.05, 3.63) is 5.92 Å². The van der Waals surface area contributed by atoms with Crippen molar-refractivity contribution in [1.29, 1.82) is 0 Å². The number of unbranched alkanes of at least 4 members (excludes halogenated alkanes) is 1. The number of hydrogen-bond acceptors (Lipinski definition) is 3. The van der Waals surface area contributed by atoms with Crippen LogP contribution < -0.4 is 0 Å². The summed E-state index contributed by atoms with van der Waals surface area (Å²) in [6, 6.07) is 0. The number of aliphatic hydroxyl groups excluding tert-OH is 1. The number of fused-ring (bicyclic) bond motifs is 3. The van der Waals surface area contributed by atoms with Gasteiger partial charge in [-0.25, -0.2) is 8.78 Å². The van der Waals surface area contributed by atoms with Crippen molar-refractivity contribution in [2.75, 3.05) is 6.61 Å². The van der Waals surface area contributed by atoms with Crippen LogP contribution in [0.2, 0.25) is 0 Å². The molecular formula is C25H41F2O2S. The minimum absolute atomic E-state index is 0.123. The standard InChI is InChI=1S/C25H41F2O2S/c1-3-5-14-29-20-13-12-18-17-10-11-19(21(26)24(17)30-25(18)22(20)27)23(28)16-8-6-15(4-2)7-9-16/h15,17-25,28H,3-14H2,1-2H3. The molecule has 4 aliphatic rings. The van der Waals surface area contributed by atoms with E-state index in [9.17, 15) is 5.11 Å².